The molecule has 0 aliphatic carbocycles. The molecule has 2 aromatic rings. The van der Waals surface area contributed by atoms with E-state index in [-0.39, 0.29) is 5.82 Å². The fourth-order valence-electron chi connectivity index (χ4n) is 1.70. The summed E-state index contributed by atoms with van der Waals surface area (Å²) < 4.78 is 20.8. The van der Waals surface area contributed by atoms with Gasteiger partial charge in [-0.3, -0.25) is 0 Å². The zero-order chi connectivity index (χ0) is 14.4. The van der Waals surface area contributed by atoms with Gasteiger partial charge in [0.15, 0.2) is 11.6 Å². The topological polar surface area (TPSA) is 9.23 Å². The third-order valence-electron chi connectivity index (χ3n) is 2.70. The van der Waals surface area contributed by atoms with E-state index in [0.29, 0.717) is 17.3 Å². The van der Waals surface area contributed by atoms with Crippen molar-refractivity contribution in [3.8, 4) is 5.75 Å². The van der Waals surface area contributed by atoms with Crippen LogP contribution < -0.4 is 4.74 Å². The Morgan fingerprint density at radius 2 is 1.90 bits per heavy atom. The van der Waals surface area contributed by atoms with Crippen molar-refractivity contribution < 1.29 is 9.13 Å². The summed E-state index contributed by atoms with van der Waals surface area (Å²) in [5.41, 5.74) is 1.03. The Kier molecular flexibility index (Phi) is 5.92. The second kappa shape index (κ2) is 7.70. The summed E-state index contributed by atoms with van der Waals surface area (Å²) in [5, 5.41) is 0. The van der Waals surface area contributed by atoms with Gasteiger partial charge in [-0.25, -0.2) is 4.39 Å². The highest BCUT2D eigenvalue weighted by molar-refractivity contribution is 9.10. The Labute approximate surface area is 131 Å². The first kappa shape index (κ1) is 15.4. The van der Waals surface area contributed by atoms with E-state index in [1.807, 2.05) is 36.4 Å². The number of thioether (sulfide) groups is 1. The van der Waals surface area contributed by atoms with Crippen molar-refractivity contribution in [1.82, 2.24) is 0 Å². The van der Waals surface area contributed by atoms with E-state index in [4.69, 9.17) is 4.74 Å². The molecule has 0 spiro atoms. The first-order valence-electron chi connectivity index (χ1n) is 6.50. The predicted octanol–water partition coefficient (Wildman–Crippen LogP) is 5.67. The maximum absolute atomic E-state index is 14.4. The van der Waals surface area contributed by atoms with Crippen molar-refractivity contribution in [1.29, 1.82) is 0 Å². The van der Waals surface area contributed by atoms with Crippen molar-refractivity contribution >= 4 is 27.7 Å². The average molecular weight is 355 g/mol. The van der Waals surface area contributed by atoms with Gasteiger partial charge >= 0.3 is 0 Å². The molecule has 0 amide bonds. The van der Waals surface area contributed by atoms with Crippen LogP contribution in [0.1, 0.15) is 18.9 Å². The quantitative estimate of drug-likeness (QED) is 0.618. The highest BCUT2D eigenvalue weighted by Gasteiger charge is 2.13. The number of rotatable bonds is 6. The molecular formula is C16H16BrFOS. The molecule has 0 atom stereocenters. The lowest BCUT2D eigenvalue weighted by molar-refractivity contribution is 0.287. The van der Waals surface area contributed by atoms with Crippen LogP contribution in [0, 0.1) is 5.82 Å². The maximum Gasteiger partial charge on any atom is 0.179 e. The van der Waals surface area contributed by atoms with Crippen LogP contribution in [0.5, 0.6) is 5.75 Å². The largest absolute Gasteiger partial charge is 0.486 e. The third kappa shape index (κ3) is 4.00. The van der Waals surface area contributed by atoms with Gasteiger partial charge in [-0.2, -0.15) is 0 Å². The van der Waals surface area contributed by atoms with E-state index in [2.05, 4.69) is 22.9 Å². The van der Waals surface area contributed by atoms with Crippen LogP contribution in [0.4, 0.5) is 4.39 Å². The monoisotopic (exact) mass is 354 g/mol. The first-order chi connectivity index (χ1) is 9.72. The van der Waals surface area contributed by atoms with Gasteiger partial charge in [-0.05, 0) is 45.8 Å². The average Bonchev–Trinajstić information content (AvgIpc) is 2.47. The predicted molar refractivity (Wildman–Crippen MR) is 85.9 cm³/mol. The molecule has 0 unspecified atom stereocenters. The second-order valence-electron chi connectivity index (χ2n) is 4.31. The Morgan fingerprint density at radius 1 is 1.15 bits per heavy atom. The molecule has 0 heterocycles. The molecule has 0 aromatic heterocycles. The van der Waals surface area contributed by atoms with Gasteiger partial charge in [0, 0.05) is 4.47 Å². The standard InChI is InChI=1S/C16H16BrFOS/c1-2-10-20-16-13(17)8-9-14(15(16)18)19-11-12-6-4-3-5-7-12/h3-9H,2,10-11H2,1H3. The molecule has 0 N–H and O–H groups in total. The molecule has 2 rings (SSSR count). The summed E-state index contributed by atoms with van der Waals surface area (Å²) in [6.45, 7) is 2.45. The van der Waals surface area contributed by atoms with Crippen LogP contribution in [0.2, 0.25) is 0 Å². The number of ether oxygens (including phenoxy) is 1. The maximum atomic E-state index is 14.4. The fourth-order valence-corrected chi connectivity index (χ4v) is 3.19. The summed E-state index contributed by atoms with van der Waals surface area (Å²) >= 11 is 4.90. The van der Waals surface area contributed by atoms with Crippen LogP contribution >= 0.6 is 27.7 Å². The summed E-state index contributed by atoms with van der Waals surface area (Å²) in [6.07, 6.45) is 1.01. The molecule has 0 saturated heterocycles. The molecule has 0 saturated carbocycles. The fraction of sp³-hybridized carbons (Fsp3) is 0.250. The minimum Gasteiger partial charge on any atom is -0.486 e. The molecule has 0 radical (unpaired) electrons. The van der Waals surface area contributed by atoms with Crippen LogP contribution in [-0.2, 0) is 6.61 Å². The SMILES string of the molecule is CCCSc1c(Br)ccc(OCc2ccccc2)c1F. The van der Waals surface area contributed by atoms with Crippen molar-refractivity contribution in [3.05, 3.63) is 58.3 Å². The molecule has 20 heavy (non-hydrogen) atoms. The number of halogens is 2. The van der Waals surface area contributed by atoms with Crippen molar-refractivity contribution in [2.45, 2.75) is 24.8 Å². The molecular weight excluding hydrogens is 339 g/mol. The molecule has 0 aliphatic rings. The smallest absolute Gasteiger partial charge is 0.179 e. The molecule has 0 bridgehead atoms. The van der Waals surface area contributed by atoms with Crippen molar-refractivity contribution in [2.24, 2.45) is 0 Å². The zero-order valence-electron chi connectivity index (χ0n) is 11.2. The van der Waals surface area contributed by atoms with E-state index < -0.39 is 0 Å². The highest BCUT2D eigenvalue weighted by atomic mass is 79.9. The van der Waals surface area contributed by atoms with Gasteiger partial charge in [-0.15, -0.1) is 11.8 Å². The van der Waals surface area contributed by atoms with Crippen LogP contribution in [0.3, 0.4) is 0 Å². The molecule has 0 fully saturated rings. The summed E-state index contributed by atoms with van der Waals surface area (Å²) in [4.78, 5) is 0.623. The summed E-state index contributed by atoms with van der Waals surface area (Å²) in [6, 6.07) is 13.3. The van der Waals surface area contributed by atoms with Crippen LogP contribution in [0.15, 0.2) is 51.8 Å². The highest BCUT2D eigenvalue weighted by Crippen LogP contribution is 2.35. The van der Waals surface area contributed by atoms with Crippen molar-refractivity contribution in [2.75, 3.05) is 5.75 Å². The second-order valence-corrected chi connectivity index (χ2v) is 6.27. The van der Waals surface area contributed by atoms with Gasteiger partial charge < -0.3 is 4.74 Å². The van der Waals surface area contributed by atoms with E-state index in [1.54, 1.807) is 6.07 Å². The van der Waals surface area contributed by atoms with E-state index >= 15 is 0 Å². The van der Waals surface area contributed by atoms with E-state index in [1.165, 1.54) is 11.8 Å². The lowest BCUT2D eigenvalue weighted by Crippen LogP contribution is -1.98. The first-order valence-corrected chi connectivity index (χ1v) is 8.27. The summed E-state index contributed by atoms with van der Waals surface area (Å²) in [5.74, 6) is 0.905. The Morgan fingerprint density at radius 3 is 2.60 bits per heavy atom. The van der Waals surface area contributed by atoms with Gasteiger partial charge in [0.1, 0.15) is 6.61 Å². The minimum atomic E-state index is -0.284. The van der Waals surface area contributed by atoms with Crippen LogP contribution in [-0.4, -0.2) is 5.75 Å². The van der Waals surface area contributed by atoms with E-state index in [9.17, 15) is 4.39 Å². The normalized spacial score (nSPS) is 10.6. The lowest BCUT2D eigenvalue weighted by Gasteiger charge is -2.11. The lowest BCUT2D eigenvalue weighted by atomic mass is 10.2. The minimum absolute atomic E-state index is 0.284. The Hall–Kier alpha value is -1.00. The van der Waals surface area contributed by atoms with Crippen LogP contribution in [0.25, 0.3) is 0 Å². The van der Waals surface area contributed by atoms with E-state index in [0.717, 1.165) is 22.2 Å². The molecule has 2 aromatic carbocycles. The van der Waals surface area contributed by atoms with Gasteiger partial charge in [0.25, 0.3) is 0 Å². The molecule has 1 nitrogen and oxygen atoms in total. The van der Waals surface area contributed by atoms with Gasteiger partial charge in [-0.1, -0.05) is 37.3 Å². The Balaban J connectivity index is 2.12. The van der Waals surface area contributed by atoms with Crippen molar-refractivity contribution in [3.63, 3.8) is 0 Å². The molecule has 0 aliphatic heterocycles. The zero-order valence-corrected chi connectivity index (χ0v) is 13.6. The van der Waals surface area contributed by atoms with Gasteiger partial charge in [0.2, 0.25) is 0 Å². The number of hydrogen-bond donors (Lipinski definition) is 0. The molecule has 106 valence electrons. The van der Waals surface area contributed by atoms with Gasteiger partial charge in [0.05, 0.1) is 4.90 Å². The summed E-state index contributed by atoms with van der Waals surface area (Å²) in [7, 11) is 0. The Bertz CT molecular complexity index is 560. The number of hydrogen-bond acceptors (Lipinski definition) is 2. The molecule has 4 heteroatoms. The number of benzene rings is 2. The third-order valence-corrected chi connectivity index (χ3v) is 4.92.